The molecule has 0 unspecified atom stereocenters. The van der Waals surface area contributed by atoms with E-state index in [0.717, 1.165) is 34.8 Å². The van der Waals surface area contributed by atoms with Crippen molar-refractivity contribution in [3.05, 3.63) is 46.9 Å². The van der Waals surface area contributed by atoms with Gasteiger partial charge in [-0.2, -0.15) is 0 Å². The number of likely N-dealkylation sites (N-methyl/N-ethyl adjacent to an activating group) is 1. The molecule has 7 nitrogen and oxygen atoms in total. The molecule has 1 aliphatic heterocycles. The van der Waals surface area contributed by atoms with Gasteiger partial charge in [0.25, 0.3) is 0 Å². The van der Waals surface area contributed by atoms with Crippen LogP contribution in [0.2, 0.25) is 0 Å². The zero-order valence-electron chi connectivity index (χ0n) is 19.1. The zero-order valence-corrected chi connectivity index (χ0v) is 19.1. The van der Waals surface area contributed by atoms with E-state index >= 15 is 0 Å². The van der Waals surface area contributed by atoms with Crippen molar-refractivity contribution in [2.45, 2.75) is 53.0 Å². The largest absolute Gasteiger partial charge is 0.497 e. The number of amides is 2. The fourth-order valence-corrected chi connectivity index (χ4v) is 3.68. The summed E-state index contributed by atoms with van der Waals surface area (Å²) in [6.45, 7) is 7.21. The summed E-state index contributed by atoms with van der Waals surface area (Å²) in [6.07, 6.45) is 2.38. The van der Waals surface area contributed by atoms with E-state index in [4.69, 9.17) is 9.72 Å². The molecule has 0 spiro atoms. The lowest BCUT2D eigenvalue weighted by Crippen LogP contribution is -2.38. The minimum atomic E-state index is -0.0168. The highest BCUT2D eigenvalue weighted by Crippen LogP contribution is 2.28. The van der Waals surface area contributed by atoms with Crippen LogP contribution in [-0.4, -0.2) is 47.4 Å². The van der Waals surface area contributed by atoms with Gasteiger partial charge < -0.3 is 9.64 Å². The summed E-state index contributed by atoms with van der Waals surface area (Å²) < 4.78 is 5.16. The molecule has 0 fully saturated rings. The highest BCUT2D eigenvalue weighted by molar-refractivity contribution is 5.95. The van der Waals surface area contributed by atoms with Crippen molar-refractivity contribution in [2.24, 2.45) is 5.92 Å². The first-order valence-electron chi connectivity index (χ1n) is 10.8. The number of rotatable bonds is 8. The first-order chi connectivity index (χ1) is 14.8. The summed E-state index contributed by atoms with van der Waals surface area (Å²) in [4.78, 5) is 38.1. The molecule has 0 bridgehead atoms. The molecule has 2 amide bonds. The number of aryl methyl sites for hydroxylation is 1. The van der Waals surface area contributed by atoms with Crippen LogP contribution in [-0.2, 0) is 29.0 Å². The standard InChI is InChI=1S/C24H32N4O3/c1-16(2)12-13-28-22(29)11-10-20-17(3)25-21(26-24(20)28)15-27(4)23(30)14-18-6-8-19(31-5)9-7-18/h6-9,16H,10-15H2,1-5H3. The maximum absolute atomic E-state index is 12.7. The molecule has 2 heterocycles. The highest BCUT2D eigenvalue weighted by atomic mass is 16.5. The van der Waals surface area contributed by atoms with E-state index in [0.29, 0.717) is 44.1 Å². The van der Waals surface area contributed by atoms with Crippen molar-refractivity contribution in [3.63, 3.8) is 0 Å². The third-order valence-electron chi connectivity index (χ3n) is 5.63. The third kappa shape index (κ3) is 5.60. The fourth-order valence-electron chi connectivity index (χ4n) is 3.68. The Bertz CT molecular complexity index is 941. The maximum Gasteiger partial charge on any atom is 0.228 e. The first-order valence-corrected chi connectivity index (χ1v) is 10.8. The van der Waals surface area contributed by atoms with Gasteiger partial charge in [-0.15, -0.1) is 0 Å². The van der Waals surface area contributed by atoms with Crippen molar-refractivity contribution in [1.82, 2.24) is 14.9 Å². The Kier molecular flexibility index (Phi) is 7.25. The van der Waals surface area contributed by atoms with Gasteiger partial charge in [0, 0.05) is 31.3 Å². The monoisotopic (exact) mass is 424 g/mol. The summed E-state index contributed by atoms with van der Waals surface area (Å²) in [5.41, 5.74) is 2.85. The molecule has 166 valence electrons. The lowest BCUT2D eigenvalue weighted by Gasteiger charge is -2.30. The summed E-state index contributed by atoms with van der Waals surface area (Å²) in [7, 11) is 3.37. The van der Waals surface area contributed by atoms with Crippen LogP contribution < -0.4 is 9.64 Å². The minimum Gasteiger partial charge on any atom is -0.497 e. The normalized spacial score (nSPS) is 13.4. The first kappa shape index (κ1) is 22.7. The molecule has 3 rings (SSSR count). The Morgan fingerprint density at radius 3 is 2.55 bits per heavy atom. The van der Waals surface area contributed by atoms with Crippen LogP contribution in [0.5, 0.6) is 5.75 Å². The number of hydrogen-bond donors (Lipinski definition) is 0. The summed E-state index contributed by atoms with van der Waals surface area (Å²) in [6, 6.07) is 7.48. The lowest BCUT2D eigenvalue weighted by atomic mass is 10.0. The van der Waals surface area contributed by atoms with E-state index in [9.17, 15) is 9.59 Å². The number of ether oxygens (including phenoxy) is 1. The molecule has 7 heteroatoms. The average molecular weight is 425 g/mol. The number of nitrogens with zero attached hydrogens (tertiary/aromatic N) is 4. The molecule has 1 aliphatic rings. The van der Waals surface area contributed by atoms with E-state index < -0.39 is 0 Å². The second-order valence-electron chi connectivity index (χ2n) is 8.53. The van der Waals surface area contributed by atoms with E-state index in [1.54, 1.807) is 24.0 Å². The van der Waals surface area contributed by atoms with Crippen LogP contribution in [0, 0.1) is 12.8 Å². The number of hydrogen-bond acceptors (Lipinski definition) is 5. The number of carbonyl (C=O) groups is 2. The zero-order chi connectivity index (χ0) is 22.5. The smallest absolute Gasteiger partial charge is 0.228 e. The van der Waals surface area contributed by atoms with Gasteiger partial charge in [-0.25, -0.2) is 9.97 Å². The van der Waals surface area contributed by atoms with Gasteiger partial charge in [-0.3, -0.25) is 14.5 Å². The van der Waals surface area contributed by atoms with Crippen LogP contribution >= 0.6 is 0 Å². The van der Waals surface area contributed by atoms with Crippen LogP contribution in [0.25, 0.3) is 0 Å². The molecule has 0 radical (unpaired) electrons. The Morgan fingerprint density at radius 2 is 1.90 bits per heavy atom. The Morgan fingerprint density at radius 1 is 1.19 bits per heavy atom. The number of carbonyl (C=O) groups excluding carboxylic acids is 2. The molecular formula is C24H32N4O3. The Hall–Kier alpha value is -2.96. The van der Waals surface area contributed by atoms with Gasteiger partial charge in [-0.05, 0) is 43.4 Å². The Labute approximate surface area is 184 Å². The average Bonchev–Trinajstić information content (AvgIpc) is 2.73. The second-order valence-corrected chi connectivity index (χ2v) is 8.53. The van der Waals surface area contributed by atoms with Crippen LogP contribution in [0.4, 0.5) is 5.82 Å². The predicted molar refractivity (Wildman–Crippen MR) is 120 cm³/mol. The fraction of sp³-hybridized carbons (Fsp3) is 0.500. The molecule has 0 aliphatic carbocycles. The van der Waals surface area contributed by atoms with Gasteiger partial charge in [0.2, 0.25) is 11.8 Å². The number of aromatic nitrogens is 2. The van der Waals surface area contributed by atoms with Gasteiger partial charge in [0.15, 0.2) is 0 Å². The van der Waals surface area contributed by atoms with Crippen LogP contribution in [0.1, 0.15) is 49.3 Å². The summed E-state index contributed by atoms with van der Waals surface area (Å²) >= 11 is 0. The van der Waals surface area contributed by atoms with Crippen molar-refractivity contribution in [2.75, 3.05) is 25.6 Å². The van der Waals surface area contributed by atoms with Gasteiger partial charge in [0.05, 0.1) is 20.1 Å². The number of benzene rings is 1. The quantitative estimate of drug-likeness (QED) is 0.650. The van der Waals surface area contributed by atoms with E-state index in [1.165, 1.54) is 0 Å². The lowest BCUT2D eigenvalue weighted by molar-refractivity contribution is -0.129. The summed E-state index contributed by atoms with van der Waals surface area (Å²) in [5.74, 6) is 2.64. The molecule has 0 saturated heterocycles. The van der Waals surface area contributed by atoms with Gasteiger partial charge in [-0.1, -0.05) is 26.0 Å². The highest BCUT2D eigenvalue weighted by Gasteiger charge is 2.28. The third-order valence-corrected chi connectivity index (χ3v) is 5.63. The van der Waals surface area contributed by atoms with Gasteiger partial charge in [0.1, 0.15) is 17.4 Å². The molecule has 0 atom stereocenters. The van der Waals surface area contributed by atoms with Crippen LogP contribution in [0.15, 0.2) is 24.3 Å². The molecule has 31 heavy (non-hydrogen) atoms. The maximum atomic E-state index is 12.7. The van der Waals surface area contributed by atoms with E-state index in [1.807, 2.05) is 31.2 Å². The molecular weight excluding hydrogens is 392 g/mol. The van der Waals surface area contributed by atoms with Crippen molar-refractivity contribution in [1.29, 1.82) is 0 Å². The van der Waals surface area contributed by atoms with E-state index in [-0.39, 0.29) is 11.8 Å². The van der Waals surface area contributed by atoms with Crippen molar-refractivity contribution >= 4 is 17.6 Å². The van der Waals surface area contributed by atoms with E-state index in [2.05, 4.69) is 18.8 Å². The van der Waals surface area contributed by atoms with Crippen LogP contribution in [0.3, 0.4) is 0 Å². The molecule has 1 aromatic heterocycles. The SMILES string of the molecule is COc1ccc(CC(=O)N(C)Cc2nc(C)c3c(n2)N(CCC(C)C)C(=O)CC3)cc1. The molecule has 2 aromatic rings. The topological polar surface area (TPSA) is 75.6 Å². The van der Waals surface area contributed by atoms with Crippen molar-refractivity contribution < 1.29 is 14.3 Å². The molecule has 1 aromatic carbocycles. The molecule has 0 N–H and O–H groups in total. The summed E-state index contributed by atoms with van der Waals surface area (Å²) in [5, 5.41) is 0. The number of fused-ring (bicyclic) bond motifs is 1. The minimum absolute atomic E-state index is 0.0168. The second kappa shape index (κ2) is 9.90. The Balaban J connectivity index is 1.74. The predicted octanol–water partition coefficient (Wildman–Crippen LogP) is 3.32. The molecule has 0 saturated carbocycles. The number of methoxy groups -OCH3 is 1. The number of anilines is 1. The van der Waals surface area contributed by atoms with Gasteiger partial charge >= 0.3 is 0 Å². The van der Waals surface area contributed by atoms with Crippen molar-refractivity contribution in [3.8, 4) is 5.75 Å².